The van der Waals surface area contributed by atoms with E-state index in [-0.39, 0.29) is 23.8 Å². The van der Waals surface area contributed by atoms with Crippen LogP contribution in [0.1, 0.15) is 49.8 Å². The zero-order chi connectivity index (χ0) is 26.1. The summed E-state index contributed by atoms with van der Waals surface area (Å²) in [4.78, 5) is 16.2. The number of Topliss-reactive ketones (excluding diaryl/α,β-unsaturated/α-hetero) is 1. The molecule has 6 nitrogen and oxygen atoms in total. The van der Waals surface area contributed by atoms with E-state index in [4.69, 9.17) is 9.47 Å². The van der Waals surface area contributed by atoms with Gasteiger partial charge in [0.25, 0.3) is 0 Å². The Morgan fingerprint density at radius 2 is 1.55 bits per heavy atom. The third kappa shape index (κ3) is 5.01. The molecule has 2 heterocycles. The van der Waals surface area contributed by atoms with Crippen molar-refractivity contribution in [2.45, 2.75) is 44.8 Å². The maximum Gasteiger partial charge on any atom is 0.163 e. The van der Waals surface area contributed by atoms with Crippen LogP contribution in [0.3, 0.4) is 0 Å². The van der Waals surface area contributed by atoms with Crippen LogP contribution in [-0.4, -0.2) is 38.2 Å². The van der Waals surface area contributed by atoms with Crippen molar-refractivity contribution >= 4 is 22.8 Å². The van der Waals surface area contributed by atoms with Gasteiger partial charge >= 0.3 is 0 Å². The van der Waals surface area contributed by atoms with Crippen LogP contribution in [0.15, 0.2) is 84.1 Å². The molecule has 3 aliphatic rings. The van der Waals surface area contributed by atoms with Gasteiger partial charge < -0.3 is 25.0 Å². The largest absolute Gasteiger partial charge is 0.491 e. The van der Waals surface area contributed by atoms with Crippen LogP contribution in [0.25, 0.3) is 0 Å². The van der Waals surface area contributed by atoms with E-state index in [9.17, 15) is 4.79 Å². The molecule has 0 saturated carbocycles. The highest BCUT2D eigenvalue weighted by Crippen LogP contribution is 2.44. The fraction of sp³-hybridized carbons (Fsp3) is 0.344. The lowest BCUT2D eigenvalue weighted by molar-refractivity contribution is -0.116. The van der Waals surface area contributed by atoms with Crippen molar-refractivity contribution in [1.29, 1.82) is 0 Å². The summed E-state index contributed by atoms with van der Waals surface area (Å²) in [5.41, 5.74) is 7.31. The summed E-state index contributed by atoms with van der Waals surface area (Å²) in [6, 6.07) is 24.9. The predicted octanol–water partition coefficient (Wildman–Crippen LogP) is 6.29. The Morgan fingerprint density at radius 1 is 0.868 bits per heavy atom. The molecule has 6 heteroatoms. The lowest BCUT2D eigenvalue weighted by Gasteiger charge is -2.31. The number of hydrogen-bond donors (Lipinski definition) is 2. The molecule has 0 amide bonds. The molecule has 3 aromatic rings. The first-order valence-electron chi connectivity index (χ1n) is 13.6. The van der Waals surface area contributed by atoms with E-state index in [1.165, 1.54) is 11.3 Å². The third-order valence-corrected chi connectivity index (χ3v) is 7.63. The normalized spacial score (nSPS) is 21.2. The zero-order valence-corrected chi connectivity index (χ0v) is 22.1. The highest BCUT2D eigenvalue weighted by molar-refractivity contribution is 6.01. The summed E-state index contributed by atoms with van der Waals surface area (Å²) in [6.07, 6.45) is 1.40. The van der Waals surface area contributed by atoms with Crippen LogP contribution in [0.2, 0.25) is 0 Å². The number of ether oxygens (including phenoxy) is 2. The van der Waals surface area contributed by atoms with Gasteiger partial charge in [-0.15, -0.1) is 0 Å². The van der Waals surface area contributed by atoms with Crippen LogP contribution >= 0.6 is 0 Å². The first-order valence-corrected chi connectivity index (χ1v) is 13.6. The average Bonchev–Trinajstić information content (AvgIpc) is 3.11. The van der Waals surface area contributed by atoms with Gasteiger partial charge in [0.2, 0.25) is 0 Å². The number of anilines is 3. The number of nitrogens with zero attached hydrogens (tertiary/aromatic N) is 1. The Kier molecular flexibility index (Phi) is 6.81. The number of para-hydroxylation sites is 2. The molecule has 0 spiro atoms. The molecule has 1 aliphatic carbocycles. The van der Waals surface area contributed by atoms with Crippen molar-refractivity contribution < 1.29 is 14.3 Å². The van der Waals surface area contributed by atoms with Gasteiger partial charge in [-0.2, -0.15) is 0 Å². The number of allylic oxidation sites excluding steroid dienone is 1. The van der Waals surface area contributed by atoms with Gasteiger partial charge in [-0.3, -0.25) is 4.79 Å². The number of fused-ring (bicyclic) bond motifs is 1. The molecular formula is C32H35N3O3. The second-order valence-corrected chi connectivity index (χ2v) is 10.6. The van der Waals surface area contributed by atoms with E-state index in [2.05, 4.69) is 64.1 Å². The Morgan fingerprint density at radius 3 is 2.26 bits per heavy atom. The van der Waals surface area contributed by atoms with Crippen molar-refractivity contribution in [3.8, 4) is 5.75 Å². The summed E-state index contributed by atoms with van der Waals surface area (Å²) in [5, 5.41) is 7.33. The summed E-state index contributed by atoms with van der Waals surface area (Å²) in [5.74, 6) is 1.17. The van der Waals surface area contributed by atoms with Gasteiger partial charge in [-0.1, -0.05) is 36.4 Å². The standard InChI is InChI=1S/C32H35N3O3/c1-21(2)38-26-13-9-22(10-14-26)24-19-29-31(30(36)20-24)32(34-28-6-4-3-5-27(28)33-29)23-7-11-25(12-8-23)35-15-17-37-18-16-35/h3-14,21,24,32-34H,15-20H2,1-2H3. The summed E-state index contributed by atoms with van der Waals surface area (Å²) >= 11 is 0. The van der Waals surface area contributed by atoms with Gasteiger partial charge in [0, 0.05) is 36.5 Å². The van der Waals surface area contributed by atoms with E-state index >= 15 is 0 Å². The van der Waals surface area contributed by atoms with Gasteiger partial charge in [-0.25, -0.2) is 0 Å². The second-order valence-electron chi connectivity index (χ2n) is 10.6. The van der Waals surface area contributed by atoms with Crippen molar-refractivity contribution in [2.24, 2.45) is 0 Å². The molecular weight excluding hydrogens is 474 g/mol. The smallest absolute Gasteiger partial charge is 0.163 e. The SMILES string of the molecule is CC(C)Oc1ccc(C2CC(=O)C3=C(C2)Nc2ccccc2NC3c2ccc(N3CCOCC3)cc2)cc1. The molecule has 38 heavy (non-hydrogen) atoms. The number of hydrogen-bond acceptors (Lipinski definition) is 6. The lowest BCUT2D eigenvalue weighted by Crippen LogP contribution is -2.36. The van der Waals surface area contributed by atoms with Crippen molar-refractivity contribution in [2.75, 3.05) is 41.8 Å². The van der Waals surface area contributed by atoms with E-state index in [0.29, 0.717) is 6.42 Å². The fourth-order valence-corrected chi connectivity index (χ4v) is 5.77. The number of benzene rings is 3. The predicted molar refractivity (Wildman–Crippen MR) is 152 cm³/mol. The highest BCUT2D eigenvalue weighted by atomic mass is 16.5. The topological polar surface area (TPSA) is 62.8 Å². The molecule has 2 atom stereocenters. The Labute approximate surface area is 224 Å². The van der Waals surface area contributed by atoms with Crippen LogP contribution in [0.4, 0.5) is 17.1 Å². The summed E-state index contributed by atoms with van der Waals surface area (Å²) in [7, 11) is 0. The van der Waals surface area contributed by atoms with E-state index in [1.54, 1.807) is 0 Å². The Hall–Kier alpha value is -3.77. The summed E-state index contributed by atoms with van der Waals surface area (Å²) < 4.78 is 11.3. The zero-order valence-electron chi connectivity index (χ0n) is 22.1. The van der Waals surface area contributed by atoms with Gasteiger partial charge in [0.05, 0.1) is 36.7 Å². The third-order valence-electron chi connectivity index (χ3n) is 7.63. The average molecular weight is 510 g/mol. The molecule has 0 aromatic heterocycles. The van der Waals surface area contributed by atoms with Crippen LogP contribution < -0.4 is 20.3 Å². The Bertz CT molecular complexity index is 1320. The monoisotopic (exact) mass is 509 g/mol. The van der Waals surface area contributed by atoms with E-state index < -0.39 is 0 Å². The molecule has 3 aromatic carbocycles. The minimum Gasteiger partial charge on any atom is -0.491 e. The number of nitrogens with one attached hydrogen (secondary N) is 2. The maximum absolute atomic E-state index is 13.8. The van der Waals surface area contributed by atoms with Gasteiger partial charge in [0.1, 0.15) is 5.75 Å². The van der Waals surface area contributed by atoms with E-state index in [0.717, 1.165) is 66.7 Å². The number of rotatable bonds is 5. The number of morpholine rings is 1. The quantitative estimate of drug-likeness (QED) is 0.422. The minimum atomic E-state index is -0.213. The minimum absolute atomic E-state index is 0.122. The first-order chi connectivity index (χ1) is 18.5. The molecule has 6 rings (SSSR count). The molecule has 2 aliphatic heterocycles. The highest BCUT2D eigenvalue weighted by Gasteiger charge is 2.36. The Balaban J connectivity index is 1.32. The van der Waals surface area contributed by atoms with Crippen LogP contribution in [-0.2, 0) is 9.53 Å². The second kappa shape index (κ2) is 10.5. The van der Waals surface area contributed by atoms with Crippen molar-refractivity contribution in [3.05, 3.63) is 95.2 Å². The van der Waals surface area contributed by atoms with E-state index in [1.807, 2.05) is 38.1 Å². The molecule has 1 fully saturated rings. The molecule has 0 bridgehead atoms. The van der Waals surface area contributed by atoms with Gasteiger partial charge in [-0.05, 0) is 73.7 Å². The van der Waals surface area contributed by atoms with Gasteiger partial charge in [0.15, 0.2) is 5.78 Å². The molecule has 0 radical (unpaired) electrons. The molecule has 2 unspecified atom stereocenters. The van der Waals surface area contributed by atoms with Crippen LogP contribution in [0.5, 0.6) is 5.75 Å². The lowest BCUT2D eigenvalue weighted by atomic mass is 9.78. The molecule has 2 N–H and O–H groups in total. The number of carbonyl (C=O) groups excluding carboxylic acids is 1. The molecule has 196 valence electrons. The molecule has 1 saturated heterocycles. The number of carbonyl (C=O) groups is 1. The first kappa shape index (κ1) is 24.6. The van der Waals surface area contributed by atoms with Crippen LogP contribution in [0, 0.1) is 0 Å². The summed E-state index contributed by atoms with van der Waals surface area (Å²) in [6.45, 7) is 7.37. The maximum atomic E-state index is 13.8. The number of ketones is 1. The van der Waals surface area contributed by atoms with Crippen molar-refractivity contribution in [3.63, 3.8) is 0 Å². The van der Waals surface area contributed by atoms with Crippen molar-refractivity contribution in [1.82, 2.24) is 0 Å². The fourth-order valence-electron chi connectivity index (χ4n) is 5.77.